The van der Waals surface area contributed by atoms with E-state index in [0.717, 1.165) is 11.1 Å². The van der Waals surface area contributed by atoms with Crippen molar-refractivity contribution >= 4 is 17.7 Å². The number of carbonyl (C=O) groups is 3. The molecular formula is C23H27FN6O5. The van der Waals surface area contributed by atoms with Crippen LogP contribution in [0.1, 0.15) is 53.3 Å². The fourth-order valence-electron chi connectivity index (χ4n) is 4.73. The van der Waals surface area contributed by atoms with Crippen LogP contribution in [0.4, 0.5) is 4.39 Å². The molecule has 3 amide bonds. The average Bonchev–Trinajstić information content (AvgIpc) is 3.06. The second kappa shape index (κ2) is 9.08. The van der Waals surface area contributed by atoms with E-state index in [0.29, 0.717) is 36.9 Å². The van der Waals surface area contributed by atoms with Crippen molar-refractivity contribution in [2.75, 3.05) is 14.1 Å². The number of pyridine rings is 1. The van der Waals surface area contributed by atoms with Gasteiger partial charge in [0.1, 0.15) is 11.6 Å². The number of amides is 3. The summed E-state index contributed by atoms with van der Waals surface area (Å²) in [7, 11) is 2.91. The van der Waals surface area contributed by atoms with E-state index in [1.165, 1.54) is 24.7 Å². The van der Waals surface area contributed by atoms with Gasteiger partial charge in [-0.1, -0.05) is 0 Å². The van der Waals surface area contributed by atoms with Gasteiger partial charge in [-0.05, 0) is 50.2 Å². The smallest absolute Gasteiger partial charge is 0.311 e. The number of aromatic hydroxyl groups is 1. The summed E-state index contributed by atoms with van der Waals surface area (Å²) in [4.78, 5) is 60.4. The van der Waals surface area contributed by atoms with E-state index >= 15 is 0 Å². The molecule has 5 rings (SSSR count). The van der Waals surface area contributed by atoms with E-state index in [1.54, 1.807) is 6.92 Å². The van der Waals surface area contributed by atoms with Gasteiger partial charge in [0.05, 0.1) is 24.0 Å². The Morgan fingerprint density at radius 3 is 2.60 bits per heavy atom. The van der Waals surface area contributed by atoms with E-state index in [2.05, 4.69) is 20.6 Å². The maximum Gasteiger partial charge on any atom is 0.311 e. The highest BCUT2D eigenvalue weighted by atomic mass is 19.1. The molecule has 2 bridgehead atoms. The summed E-state index contributed by atoms with van der Waals surface area (Å²) in [5.74, 6) is -3.45. The number of fused-ring (bicyclic) bond motifs is 2. The van der Waals surface area contributed by atoms with Crippen LogP contribution in [0, 0.1) is 18.7 Å². The number of nitrogens with zero attached hydrogens (tertiary/aromatic N) is 4. The number of rotatable bonds is 4. The molecule has 2 aliphatic heterocycles. The van der Waals surface area contributed by atoms with E-state index in [-0.39, 0.29) is 24.8 Å². The highest BCUT2D eigenvalue weighted by molar-refractivity contribution is 6.35. The molecule has 1 fully saturated rings. The highest BCUT2D eigenvalue weighted by Crippen LogP contribution is 2.42. The number of hydrogen-bond acceptors (Lipinski definition) is 7. The molecule has 0 atom stereocenters. The van der Waals surface area contributed by atoms with Crippen molar-refractivity contribution in [1.82, 2.24) is 30.1 Å². The third-order valence-corrected chi connectivity index (χ3v) is 6.71. The average molecular weight is 487 g/mol. The van der Waals surface area contributed by atoms with Crippen molar-refractivity contribution in [3.63, 3.8) is 0 Å². The summed E-state index contributed by atoms with van der Waals surface area (Å²) in [5, 5.41) is 15.9. The van der Waals surface area contributed by atoms with Crippen LogP contribution in [-0.2, 0) is 28.2 Å². The normalized spacial score (nSPS) is 20.5. The minimum atomic E-state index is -1.13. The predicted octanol–water partition coefficient (Wildman–Crippen LogP) is 0.325. The zero-order chi connectivity index (χ0) is 25.5. The molecular weight excluding hydrogens is 459 g/mol. The molecule has 0 spiro atoms. The van der Waals surface area contributed by atoms with Crippen LogP contribution in [0.5, 0.6) is 5.75 Å². The van der Waals surface area contributed by atoms with Crippen molar-refractivity contribution in [3.8, 4) is 5.75 Å². The second-order valence-corrected chi connectivity index (χ2v) is 9.33. The third-order valence-electron chi connectivity index (χ3n) is 6.71. The molecule has 4 heterocycles. The highest BCUT2D eigenvalue weighted by Gasteiger charge is 2.46. The van der Waals surface area contributed by atoms with Gasteiger partial charge in [0, 0.05) is 20.6 Å². The molecule has 1 aliphatic carbocycles. The summed E-state index contributed by atoms with van der Waals surface area (Å²) in [5.41, 5.74) is -1.47. The Morgan fingerprint density at radius 1 is 1.29 bits per heavy atom. The lowest BCUT2D eigenvalue weighted by atomic mass is 9.77. The zero-order valence-corrected chi connectivity index (χ0v) is 19.7. The Morgan fingerprint density at radius 2 is 1.97 bits per heavy atom. The molecule has 3 aliphatic rings. The molecule has 2 aromatic rings. The van der Waals surface area contributed by atoms with E-state index in [1.807, 2.05) is 0 Å². The maximum atomic E-state index is 13.3. The minimum Gasteiger partial charge on any atom is -0.501 e. The SMILES string of the molecule is Cc1cc(F)cnc1CNC(=O)c1nc2n(c(=O)c1O)CC1CCC2(NC(=O)C(=O)N(C)C)CC1. The molecule has 3 N–H and O–H groups in total. The summed E-state index contributed by atoms with van der Waals surface area (Å²) in [6.45, 7) is 1.85. The standard InChI is InChI=1S/C23H27FN6O5/c1-12-8-14(24)9-25-15(12)10-26-18(32)16-17(31)20(34)30-11-13-4-6-23(7-5-13,22(30)27-16)28-19(33)21(35)29(2)3/h8-9,13,31H,4-7,10-11H2,1-3H3,(H,26,32)(H,28,33). The van der Waals surface area contributed by atoms with Crippen LogP contribution < -0.4 is 16.2 Å². The first-order chi connectivity index (χ1) is 16.5. The number of aromatic nitrogens is 3. The van der Waals surface area contributed by atoms with Crippen LogP contribution in [-0.4, -0.2) is 56.4 Å². The van der Waals surface area contributed by atoms with Gasteiger partial charge in [0.25, 0.3) is 11.5 Å². The molecule has 35 heavy (non-hydrogen) atoms. The first kappa shape index (κ1) is 24.3. The van der Waals surface area contributed by atoms with Crippen molar-refractivity contribution in [2.45, 2.75) is 51.2 Å². The molecule has 186 valence electrons. The van der Waals surface area contributed by atoms with Crippen LogP contribution >= 0.6 is 0 Å². The number of likely N-dealkylation sites (N-methyl/N-ethyl adjacent to an activating group) is 1. The number of halogens is 1. The summed E-state index contributed by atoms with van der Waals surface area (Å²) in [6.07, 6.45) is 3.24. The third kappa shape index (κ3) is 4.47. The Balaban J connectivity index is 1.70. The fourth-order valence-corrected chi connectivity index (χ4v) is 4.73. The molecule has 0 saturated heterocycles. The Kier molecular flexibility index (Phi) is 6.30. The van der Waals surface area contributed by atoms with Gasteiger partial charge >= 0.3 is 11.8 Å². The lowest BCUT2D eigenvalue weighted by molar-refractivity contribution is -0.145. The van der Waals surface area contributed by atoms with E-state index in [9.17, 15) is 28.7 Å². The maximum absolute atomic E-state index is 13.3. The monoisotopic (exact) mass is 486 g/mol. The summed E-state index contributed by atoms with van der Waals surface area (Å²) < 4.78 is 14.6. The van der Waals surface area contributed by atoms with E-state index < -0.39 is 46.1 Å². The predicted molar refractivity (Wildman–Crippen MR) is 121 cm³/mol. The Bertz CT molecular complexity index is 1270. The number of nitrogens with one attached hydrogen (secondary N) is 2. The Labute approximate surface area is 200 Å². The van der Waals surface area contributed by atoms with Gasteiger partial charge in [0.2, 0.25) is 5.75 Å². The lowest BCUT2D eigenvalue weighted by Gasteiger charge is -2.37. The first-order valence-corrected chi connectivity index (χ1v) is 11.3. The first-order valence-electron chi connectivity index (χ1n) is 11.3. The molecule has 2 aromatic heterocycles. The van der Waals surface area contributed by atoms with E-state index in [4.69, 9.17) is 0 Å². The van der Waals surface area contributed by atoms with Crippen molar-refractivity contribution in [3.05, 3.63) is 51.2 Å². The van der Waals surface area contributed by atoms with Crippen molar-refractivity contribution in [2.24, 2.45) is 5.92 Å². The molecule has 1 saturated carbocycles. The topological polar surface area (TPSA) is 147 Å². The van der Waals surface area contributed by atoms with Gasteiger partial charge in [-0.25, -0.2) is 9.37 Å². The van der Waals surface area contributed by atoms with Crippen molar-refractivity contribution in [1.29, 1.82) is 0 Å². The molecule has 0 radical (unpaired) electrons. The van der Waals surface area contributed by atoms with Gasteiger partial charge in [-0.15, -0.1) is 0 Å². The van der Waals surface area contributed by atoms with Gasteiger partial charge in [-0.3, -0.25) is 28.7 Å². The molecule has 0 unspecified atom stereocenters. The fraction of sp³-hybridized carbons (Fsp3) is 0.478. The second-order valence-electron chi connectivity index (χ2n) is 9.33. The van der Waals surface area contributed by atoms with Crippen molar-refractivity contribution < 1.29 is 23.9 Å². The largest absolute Gasteiger partial charge is 0.501 e. The van der Waals surface area contributed by atoms with Crippen LogP contribution in [0.3, 0.4) is 0 Å². The molecule has 0 aromatic carbocycles. The quantitative estimate of drug-likeness (QED) is 0.528. The lowest BCUT2D eigenvalue weighted by Crippen LogP contribution is -2.53. The van der Waals surface area contributed by atoms with Gasteiger partial charge < -0.3 is 20.6 Å². The van der Waals surface area contributed by atoms with Gasteiger partial charge in [0.15, 0.2) is 5.69 Å². The van der Waals surface area contributed by atoms with Gasteiger partial charge in [-0.2, -0.15) is 0 Å². The van der Waals surface area contributed by atoms with Crippen LogP contribution in [0.15, 0.2) is 17.1 Å². The number of hydrogen-bond donors (Lipinski definition) is 3. The Hall–Kier alpha value is -3.83. The number of carbonyl (C=O) groups excluding carboxylic acids is 3. The molecule has 12 heteroatoms. The number of aryl methyl sites for hydroxylation is 1. The van der Waals surface area contributed by atoms with Crippen LogP contribution in [0.2, 0.25) is 0 Å². The zero-order valence-electron chi connectivity index (χ0n) is 19.7. The summed E-state index contributed by atoms with van der Waals surface area (Å²) in [6, 6.07) is 1.27. The minimum absolute atomic E-state index is 0.0776. The van der Waals surface area contributed by atoms with Crippen LogP contribution in [0.25, 0.3) is 0 Å². The summed E-state index contributed by atoms with van der Waals surface area (Å²) >= 11 is 0. The molecule has 11 nitrogen and oxygen atoms in total.